The Balaban J connectivity index is 1.96. The van der Waals surface area contributed by atoms with Gasteiger partial charge in [0.05, 0.1) is 52.9 Å². The van der Waals surface area contributed by atoms with Crippen molar-refractivity contribution >= 4 is 12.0 Å². The summed E-state index contributed by atoms with van der Waals surface area (Å²) in [7, 11) is 0. The number of hydrogen-bond acceptors (Lipinski definition) is 7. The largest absolute Gasteiger partial charge is 0.487 e. The molecule has 0 fully saturated rings. The number of aliphatic carboxylic acids is 1. The van der Waals surface area contributed by atoms with Crippen molar-refractivity contribution in [2.45, 2.75) is 0 Å². The lowest BCUT2D eigenvalue weighted by molar-refractivity contribution is -0.131. The number of carboxylic acids is 1. The first-order valence-corrected chi connectivity index (χ1v) is 8.87. The van der Waals surface area contributed by atoms with Crippen LogP contribution in [0.4, 0.5) is 0 Å². The van der Waals surface area contributed by atoms with Gasteiger partial charge in [-0.25, -0.2) is 4.79 Å². The summed E-state index contributed by atoms with van der Waals surface area (Å²) in [6.07, 6.45) is 2.57. The van der Waals surface area contributed by atoms with Crippen LogP contribution in [0.25, 0.3) is 6.08 Å². The maximum atomic E-state index is 10.7. The van der Waals surface area contributed by atoms with E-state index in [1.54, 1.807) is 18.2 Å². The number of ether oxygens (including phenoxy) is 6. The molecule has 0 aliphatic carbocycles. The molecule has 0 bridgehead atoms. The second-order valence-corrected chi connectivity index (χ2v) is 5.52. The molecule has 0 radical (unpaired) electrons. The van der Waals surface area contributed by atoms with Crippen LogP contribution in [0, 0.1) is 0 Å². The van der Waals surface area contributed by atoms with Crippen molar-refractivity contribution in [3.05, 3.63) is 29.8 Å². The molecule has 0 amide bonds. The van der Waals surface area contributed by atoms with Crippen LogP contribution in [0.5, 0.6) is 11.5 Å². The van der Waals surface area contributed by atoms with Gasteiger partial charge in [0.15, 0.2) is 11.5 Å². The Bertz CT molecular complexity index is 587. The molecule has 1 aliphatic heterocycles. The van der Waals surface area contributed by atoms with Crippen molar-refractivity contribution in [1.29, 1.82) is 0 Å². The Morgan fingerprint density at radius 1 is 0.741 bits per heavy atom. The van der Waals surface area contributed by atoms with E-state index in [9.17, 15) is 4.79 Å². The van der Waals surface area contributed by atoms with Gasteiger partial charge in [-0.3, -0.25) is 0 Å². The summed E-state index contributed by atoms with van der Waals surface area (Å²) < 4.78 is 33.2. The molecule has 0 unspecified atom stereocenters. The van der Waals surface area contributed by atoms with Gasteiger partial charge in [0, 0.05) is 6.08 Å². The number of fused-ring (bicyclic) bond motifs is 1. The topological polar surface area (TPSA) is 92.7 Å². The average Bonchev–Trinajstić information content (AvgIpc) is 2.66. The van der Waals surface area contributed by atoms with E-state index in [1.807, 2.05) is 0 Å². The van der Waals surface area contributed by atoms with Crippen LogP contribution in [0.2, 0.25) is 0 Å². The van der Waals surface area contributed by atoms with E-state index in [4.69, 9.17) is 33.5 Å². The Morgan fingerprint density at radius 3 is 1.74 bits per heavy atom. The molecule has 1 heterocycles. The SMILES string of the molecule is O=C(O)/C=C/c1ccc2c(c1)OCCOCCOCCOCCOCCO2. The molecule has 1 aliphatic rings. The second-order valence-electron chi connectivity index (χ2n) is 5.52. The molecule has 8 nitrogen and oxygen atoms in total. The van der Waals surface area contributed by atoms with Crippen molar-refractivity contribution in [3.63, 3.8) is 0 Å². The van der Waals surface area contributed by atoms with E-state index in [-0.39, 0.29) is 0 Å². The van der Waals surface area contributed by atoms with Gasteiger partial charge in [-0.15, -0.1) is 0 Å². The zero-order chi connectivity index (χ0) is 19.2. The minimum atomic E-state index is -1.01. The molecule has 0 saturated heterocycles. The fraction of sp³-hybridized carbons (Fsp3) is 0.526. The number of hydrogen-bond donors (Lipinski definition) is 1. The molecule has 0 aromatic heterocycles. The Morgan fingerprint density at radius 2 is 1.22 bits per heavy atom. The molecule has 8 heteroatoms. The number of carbonyl (C=O) groups is 1. The maximum Gasteiger partial charge on any atom is 0.328 e. The van der Waals surface area contributed by atoms with Gasteiger partial charge < -0.3 is 33.5 Å². The summed E-state index contributed by atoms with van der Waals surface area (Å²) in [6, 6.07) is 5.23. The first-order chi connectivity index (χ1) is 13.3. The molecule has 1 aromatic carbocycles. The molecule has 0 saturated carbocycles. The Kier molecular flexibility index (Phi) is 10.3. The predicted molar refractivity (Wildman–Crippen MR) is 97.4 cm³/mol. The minimum absolute atomic E-state index is 0.335. The van der Waals surface area contributed by atoms with E-state index in [0.717, 1.165) is 6.08 Å². The highest BCUT2D eigenvalue weighted by atomic mass is 16.6. The first kappa shape index (κ1) is 21.2. The average molecular weight is 382 g/mol. The molecule has 27 heavy (non-hydrogen) atoms. The fourth-order valence-electron chi connectivity index (χ4n) is 2.21. The highest BCUT2D eigenvalue weighted by Gasteiger charge is 2.07. The van der Waals surface area contributed by atoms with Crippen molar-refractivity contribution < 1.29 is 38.3 Å². The van der Waals surface area contributed by atoms with E-state index >= 15 is 0 Å². The zero-order valence-corrected chi connectivity index (χ0v) is 15.3. The summed E-state index contributed by atoms with van der Waals surface area (Å²) in [5, 5.41) is 8.76. The quantitative estimate of drug-likeness (QED) is 0.772. The zero-order valence-electron chi connectivity index (χ0n) is 15.3. The van der Waals surface area contributed by atoms with Gasteiger partial charge in [-0.05, 0) is 23.8 Å². The highest BCUT2D eigenvalue weighted by molar-refractivity contribution is 5.85. The van der Waals surface area contributed by atoms with Crippen LogP contribution in [0.3, 0.4) is 0 Å². The van der Waals surface area contributed by atoms with Gasteiger partial charge in [-0.2, -0.15) is 0 Å². The Labute approximate surface area is 158 Å². The van der Waals surface area contributed by atoms with E-state index in [2.05, 4.69) is 0 Å². The van der Waals surface area contributed by atoms with Crippen LogP contribution in [-0.2, 0) is 23.7 Å². The first-order valence-electron chi connectivity index (χ1n) is 8.87. The second kappa shape index (κ2) is 13.1. The third kappa shape index (κ3) is 9.39. The van der Waals surface area contributed by atoms with Gasteiger partial charge in [-0.1, -0.05) is 6.07 Å². The molecular formula is C19H26O8. The molecule has 2 rings (SSSR count). The fourth-order valence-corrected chi connectivity index (χ4v) is 2.21. The maximum absolute atomic E-state index is 10.7. The van der Waals surface area contributed by atoms with Crippen LogP contribution >= 0.6 is 0 Å². The number of carboxylic acid groups (broad SMARTS) is 1. The molecule has 1 N–H and O–H groups in total. The third-order valence-corrected chi connectivity index (χ3v) is 3.47. The van der Waals surface area contributed by atoms with Crippen molar-refractivity contribution in [2.75, 3.05) is 66.1 Å². The van der Waals surface area contributed by atoms with Crippen molar-refractivity contribution in [1.82, 2.24) is 0 Å². The summed E-state index contributed by atoms with van der Waals surface area (Å²) in [6.45, 7) is 4.50. The molecule has 150 valence electrons. The lowest BCUT2D eigenvalue weighted by Crippen LogP contribution is -2.16. The standard InChI is InChI=1S/C19H26O8/c20-19(21)4-2-16-1-3-17-18(15-16)27-14-12-25-10-8-23-6-5-22-7-9-24-11-13-26-17/h1-4,15H,5-14H2,(H,20,21)/b4-2+. The minimum Gasteiger partial charge on any atom is -0.487 e. The van der Waals surface area contributed by atoms with E-state index in [0.29, 0.717) is 83.1 Å². The monoisotopic (exact) mass is 382 g/mol. The normalized spacial score (nSPS) is 18.5. The lowest BCUT2D eigenvalue weighted by atomic mass is 10.2. The lowest BCUT2D eigenvalue weighted by Gasteiger charge is -2.14. The van der Waals surface area contributed by atoms with Gasteiger partial charge in [0.25, 0.3) is 0 Å². The highest BCUT2D eigenvalue weighted by Crippen LogP contribution is 2.29. The van der Waals surface area contributed by atoms with Gasteiger partial charge >= 0.3 is 5.97 Å². The smallest absolute Gasteiger partial charge is 0.328 e. The van der Waals surface area contributed by atoms with Crippen LogP contribution in [0.1, 0.15) is 5.56 Å². The predicted octanol–water partition coefficient (Wildman–Crippen LogP) is 1.62. The van der Waals surface area contributed by atoms with Crippen LogP contribution in [0.15, 0.2) is 24.3 Å². The van der Waals surface area contributed by atoms with E-state index < -0.39 is 5.97 Å². The van der Waals surface area contributed by atoms with Crippen LogP contribution < -0.4 is 9.47 Å². The number of rotatable bonds is 2. The molecular weight excluding hydrogens is 356 g/mol. The van der Waals surface area contributed by atoms with Gasteiger partial charge in [0.1, 0.15) is 13.2 Å². The molecule has 0 spiro atoms. The van der Waals surface area contributed by atoms with Crippen molar-refractivity contribution in [2.24, 2.45) is 0 Å². The van der Waals surface area contributed by atoms with E-state index in [1.165, 1.54) is 6.08 Å². The van der Waals surface area contributed by atoms with Gasteiger partial charge in [0.2, 0.25) is 0 Å². The Hall–Kier alpha value is -2.13. The third-order valence-electron chi connectivity index (χ3n) is 3.47. The number of benzene rings is 1. The summed E-state index contributed by atoms with van der Waals surface area (Å²) in [4.78, 5) is 10.7. The van der Waals surface area contributed by atoms with Crippen LogP contribution in [-0.4, -0.2) is 77.1 Å². The summed E-state index contributed by atoms with van der Waals surface area (Å²) in [5.74, 6) is 0.0707. The summed E-state index contributed by atoms with van der Waals surface area (Å²) >= 11 is 0. The molecule has 0 atom stereocenters. The summed E-state index contributed by atoms with van der Waals surface area (Å²) in [5.41, 5.74) is 0.699. The van der Waals surface area contributed by atoms with Crippen molar-refractivity contribution in [3.8, 4) is 11.5 Å². The molecule has 1 aromatic rings.